The van der Waals surface area contributed by atoms with Crippen molar-refractivity contribution in [1.29, 1.82) is 0 Å². The number of aliphatic imine (C=N–C) groups is 1. The van der Waals surface area contributed by atoms with Gasteiger partial charge in [-0.05, 0) is 25.1 Å². The van der Waals surface area contributed by atoms with E-state index in [0.717, 1.165) is 12.1 Å². The lowest BCUT2D eigenvalue weighted by Gasteiger charge is -2.13. The third-order valence-corrected chi connectivity index (χ3v) is 2.79. The first-order valence-corrected chi connectivity index (χ1v) is 7.29. The molecule has 0 heterocycles. The molecule has 1 aromatic carbocycles. The molecule has 24 heavy (non-hydrogen) atoms. The van der Waals surface area contributed by atoms with Crippen LogP contribution < -0.4 is 15.4 Å². The van der Waals surface area contributed by atoms with Crippen LogP contribution in [0.5, 0.6) is 5.75 Å². The summed E-state index contributed by atoms with van der Waals surface area (Å²) in [4.78, 5) is 4.01. The molecular weight excluding hydrogens is 438 g/mol. The Labute approximate surface area is 157 Å². The summed E-state index contributed by atoms with van der Waals surface area (Å²) in [6.07, 6.45) is -4.37. The maximum atomic E-state index is 12.6. The van der Waals surface area contributed by atoms with Crippen LogP contribution in [0.1, 0.15) is 12.5 Å². The molecule has 1 aromatic rings. The Kier molecular flexibility index (Phi) is 11.6. The molecule has 0 bridgehead atoms. The highest BCUT2D eigenvalue weighted by Gasteiger charge is 2.30. The summed E-state index contributed by atoms with van der Waals surface area (Å²) in [5.41, 5.74) is -0.726. The molecule has 0 amide bonds. The minimum Gasteiger partial charge on any atom is -0.492 e. The average molecular weight is 461 g/mol. The van der Waals surface area contributed by atoms with Crippen LogP contribution in [-0.2, 0) is 10.9 Å². The fourth-order valence-corrected chi connectivity index (χ4v) is 1.71. The number of alkyl halides is 3. The Balaban J connectivity index is 0.00000529. The molecule has 0 fully saturated rings. The number of guanidine groups is 1. The summed E-state index contributed by atoms with van der Waals surface area (Å²) in [5.74, 6) is 0.762. The number of hydrogen-bond acceptors (Lipinski definition) is 3. The second-order valence-corrected chi connectivity index (χ2v) is 4.50. The van der Waals surface area contributed by atoms with E-state index in [1.54, 1.807) is 7.05 Å². The van der Waals surface area contributed by atoms with Crippen molar-refractivity contribution in [2.45, 2.75) is 13.1 Å². The van der Waals surface area contributed by atoms with Crippen LogP contribution in [0, 0.1) is 0 Å². The van der Waals surface area contributed by atoms with Gasteiger partial charge in [-0.1, -0.05) is 6.07 Å². The molecule has 138 valence electrons. The summed E-state index contributed by atoms with van der Waals surface area (Å²) in [6, 6.07) is 4.80. The van der Waals surface area contributed by atoms with Crippen LogP contribution in [0.2, 0.25) is 0 Å². The Morgan fingerprint density at radius 2 is 1.83 bits per heavy atom. The van der Waals surface area contributed by atoms with E-state index < -0.39 is 11.7 Å². The number of hydrogen-bond donors (Lipinski definition) is 2. The smallest absolute Gasteiger partial charge is 0.416 e. The molecule has 9 heteroatoms. The van der Waals surface area contributed by atoms with Crippen molar-refractivity contribution in [3.63, 3.8) is 0 Å². The predicted octanol–water partition coefficient (Wildman–Crippen LogP) is 2.90. The first kappa shape index (κ1) is 22.8. The number of benzene rings is 1. The summed E-state index contributed by atoms with van der Waals surface area (Å²) in [6.45, 7) is 4.37. The summed E-state index contributed by atoms with van der Waals surface area (Å²) in [7, 11) is 1.63. The van der Waals surface area contributed by atoms with Crippen molar-refractivity contribution in [3.8, 4) is 5.75 Å². The van der Waals surface area contributed by atoms with Crippen molar-refractivity contribution in [1.82, 2.24) is 10.6 Å². The van der Waals surface area contributed by atoms with E-state index in [9.17, 15) is 13.2 Å². The first-order chi connectivity index (χ1) is 11.0. The number of nitrogens with zero attached hydrogens (tertiary/aromatic N) is 1. The first-order valence-electron chi connectivity index (χ1n) is 7.29. The van der Waals surface area contributed by atoms with Crippen molar-refractivity contribution >= 4 is 29.9 Å². The van der Waals surface area contributed by atoms with E-state index in [-0.39, 0.29) is 36.3 Å². The van der Waals surface area contributed by atoms with Gasteiger partial charge in [0.15, 0.2) is 5.96 Å². The minimum atomic E-state index is -4.37. The third kappa shape index (κ3) is 9.16. The molecular formula is C15H23F3IN3O2. The molecule has 0 aliphatic rings. The van der Waals surface area contributed by atoms with Gasteiger partial charge < -0.3 is 20.1 Å². The Morgan fingerprint density at radius 1 is 1.17 bits per heavy atom. The van der Waals surface area contributed by atoms with Gasteiger partial charge in [-0.15, -0.1) is 24.0 Å². The maximum Gasteiger partial charge on any atom is 0.416 e. The van der Waals surface area contributed by atoms with Crippen molar-refractivity contribution in [2.75, 3.05) is 40.0 Å². The highest BCUT2D eigenvalue weighted by molar-refractivity contribution is 14.0. The Bertz CT molecular complexity index is 499. The van der Waals surface area contributed by atoms with E-state index in [0.29, 0.717) is 32.3 Å². The lowest BCUT2D eigenvalue weighted by Crippen LogP contribution is -2.40. The van der Waals surface area contributed by atoms with Gasteiger partial charge in [-0.2, -0.15) is 13.2 Å². The van der Waals surface area contributed by atoms with E-state index in [1.165, 1.54) is 12.1 Å². The highest BCUT2D eigenvalue weighted by atomic mass is 127. The predicted molar refractivity (Wildman–Crippen MR) is 98.2 cm³/mol. The summed E-state index contributed by atoms with van der Waals surface area (Å²) >= 11 is 0. The van der Waals surface area contributed by atoms with Crippen molar-refractivity contribution in [2.24, 2.45) is 4.99 Å². The standard InChI is InChI=1S/C15H22F3N3O2.HI/c1-3-22-9-7-20-14(19-2)21-8-10-23-13-6-4-5-12(11-13)15(16,17)18;/h4-6,11H,3,7-10H2,1-2H3,(H2,19,20,21);1H. The lowest BCUT2D eigenvalue weighted by molar-refractivity contribution is -0.137. The van der Waals surface area contributed by atoms with Gasteiger partial charge in [0.25, 0.3) is 0 Å². The van der Waals surface area contributed by atoms with Crippen molar-refractivity contribution in [3.05, 3.63) is 29.8 Å². The zero-order chi connectivity index (χ0) is 17.1. The van der Waals surface area contributed by atoms with Crippen molar-refractivity contribution < 1.29 is 22.6 Å². The van der Waals surface area contributed by atoms with Gasteiger partial charge in [0.2, 0.25) is 0 Å². The molecule has 0 unspecified atom stereocenters. The molecule has 0 aromatic heterocycles. The molecule has 1 rings (SSSR count). The highest BCUT2D eigenvalue weighted by Crippen LogP contribution is 2.31. The molecule has 0 aliphatic carbocycles. The Hall–Kier alpha value is -1.23. The van der Waals surface area contributed by atoms with Gasteiger partial charge in [0, 0.05) is 20.2 Å². The van der Waals surface area contributed by atoms with Crippen LogP contribution in [0.25, 0.3) is 0 Å². The molecule has 2 N–H and O–H groups in total. The lowest BCUT2D eigenvalue weighted by atomic mass is 10.2. The van der Waals surface area contributed by atoms with E-state index in [1.807, 2.05) is 6.92 Å². The second-order valence-electron chi connectivity index (χ2n) is 4.50. The van der Waals surface area contributed by atoms with Crippen LogP contribution in [0.3, 0.4) is 0 Å². The molecule has 0 saturated carbocycles. The van der Waals surface area contributed by atoms with E-state index >= 15 is 0 Å². The van der Waals surface area contributed by atoms with Crippen LogP contribution in [0.15, 0.2) is 29.3 Å². The SMILES string of the molecule is CCOCCNC(=NC)NCCOc1cccc(C(F)(F)F)c1.I. The van der Waals surface area contributed by atoms with E-state index in [4.69, 9.17) is 9.47 Å². The van der Waals surface area contributed by atoms with Crippen LogP contribution in [-0.4, -0.2) is 45.9 Å². The number of halogens is 4. The fourth-order valence-electron chi connectivity index (χ4n) is 1.71. The van der Waals surface area contributed by atoms with Gasteiger partial charge in [0.05, 0.1) is 18.7 Å². The molecule has 0 saturated heterocycles. The van der Waals surface area contributed by atoms with Gasteiger partial charge in [-0.25, -0.2) is 0 Å². The topological polar surface area (TPSA) is 54.9 Å². The molecule has 0 spiro atoms. The largest absolute Gasteiger partial charge is 0.492 e. The van der Waals surface area contributed by atoms with E-state index in [2.05, 4.69) is 15.6 Å². The molecule has 0 radical (unpaired) electrons. The van der Waals surface area contributed by atoms with Crippen LogP contribution >= 0.6 is 24.0 Å². The van der Waals surface area contributed by atoms with Gasteiger partial charge >= 0.3 is 6.18 Å². The monoisotopic (exact) mass is 461 g/mol. The fraction of sp³-hybridized carbons (Fsp3) is 0.533. The zero-order valence-corrected chi connectivity index (χ0v) is 16.0. The number of nitrogens with one attached hydrogen (secondary N) is 2. The Morgan fingerprint density at radius 3 is 2.42 bits per heavy atom. The summed E-state index contributed by atoms with van der Waals surface area (Å²) in [5, 5.41) is 6.04. The molecule has 0 atom stereocenters. The van der Waals surface area contributed by atoms with Crippen LogP contribution in [0.4, 0.5) is 13.2 Å². The molecule has 5 nitrogen and oxygen atoms in total. The normalized spacial score (nSPS) is 11.6. The number of rotatable bonds is 8. The second kappa shape index (κ2) is 12.2. The third-order valence-electron chi connectivity index (χ3n) is 2.79. The maximum absolute atomic E-state index is 12.6. The summed E-state index contributed by atoms with van der Waals surface area (Å²) < 4.78 is 48.2. The number of ether oxygens (including phenoxy) is 2. The average Bonchev–Trinajstić information content (AvgIpc) is 2.53. The molecule has 0 aliphatic heterocycles. The quantitative estimate of drug-likeness (QED) is 0.271. The zero-order valence-electron chi connectivity index (χ0n) is 13.7. The minimum absolute atomic E-state index is 0. The van der Waals surface area contributed by atoms with Gasteiger partial charge in [0.1, 0.15) is 12.4 Å². The van der Waals surface area contributed by atoms with Gasteiger partial charge in [-0.3, -0.25) is 4.99 Å².